The first-order valence-corrected chi connectivity index (χ1v) is 32.3. The molecule has 11 atom stereocenters. The number of amides is 10. The Morgan fingerprint density at radius 1 is 0.653 bits per heavy atom. The Balaban J connectivity index is 1.25. The third-order valence-corrected chi connectivity index (χ3v) is 18.5. The molecule has 0 radical (unpaired) electrons. The Morgan fingerprint density at radius 3 is 1.52 bits per heavy atom. The van der Waals surface area contributed by atoms with Crippen molar-refractivity contribution >= 4 is 87.8 Å². The van der Waals surface area contributed by atoms with Crippen molar-refractivity contribution in [3.63, 3.8) is 0 Å². The van der Waals surface area contributed by atoms with Crippen molar-refractivity contribution in [1.82, 2.24) is 55.7 Å². The molecule has 518 valence electrons. The largest absolute Gasteiger partial charge is 0.490 e. The van der Waals surface area contributed by atoms with Gasteiger partial charge in [-0.15, -0.1) is 0 Å². The lowest BCUT2D eigenvalue weighted by atomic mass is 9.98. The summed E-state index contributed by atoms with van der Waals surface area (Å²) < 4.78 is 30.1. The molecule has 1 aromatic rings. The molecular weight excluding hydrogens is 1240 g/mol. The van der Waals surface area contributed by atoms with Gasteiger partial charge >= 0.3 is 11.9 Å². The van der Waals surface area contributed by atoms with Crippen molar-refractivity contribution in [2.75, 3.05) is 73.3 Å². The lowest BCUT2D eigenvalue weighted by molar-refractivity contribution is -0.163. The number of carbonyl (C=O) groups is 12. The lowest BCUT2D eigenvalue weighted by Gasteiger charge is -2.36. The summed E-state index contributed by atoms with van der Waals surface area (Å²) in [7, 11) is 5.57. The zero-order chi connectivity index (χ0) is 70.3. The van der Waals surface area contributed by atoms with Gasteiger partial charge in [0, 0.05) is 52.4 Å². The average Bonchev–Trinajstić information content (AvgIpc) is 1.46. The maximum atomic E-state index is 15.5. The van der Waals surface area contributed by atoms with E-state index in [0.717, 1.165) is 9.80 Å². The third kappa shape index (κ3) is 14.8. The van der Waals surface area contributed by atoms with E-state index in [-0.39, 0.29) is 72.4 Å². The number of ether oxygens (including phenoxy) is 4. The molecule has 0 bridgehead atoms. The van der Waals surface area contributed by atoms with Gasteiger partial charge in [-0.3, -0.25) is 52.7 Å². The number of epoxide rings is 1. The predicted octanol–water partition coefficient (Wildman–Crippen LogP) is 0.503. The molecule has 1 aliphatic carbocycles. The average molecular weight is 1330 g/mol. The van der Waals surface area contributed by atoms with Crippen molar-refractivity contribution in [3.8, 4) is 17.2 Å². The van der Waals surface area contributed by atoms with Crippen LogP contribution in [0.1, 0.15) is 127 Å². The van der Waals surface area contributed by atoms with E-state index in [1.54, 1.807) is 62.3 Å². The second kappa shape index (κ2) is 28.9. The first-order valence-electron chi connectivity index (χ1n) is 32.3. The molecule has 0 saturated carbocycles. The van der Waals surface area contributed by atoms with Gasteiger partial charge in [0.1, 0.15) is 90.2 Å². The summed E-state index contributed by atoms with van der Waals surface area (Å²) in [5, 5.41) is 10.7. The van der Waals surface area contributed by atoms with E-state index < -0.39 is 196 Å². The highest BCUT2D eigenvalue weighted by Gasteiger charge is 2.47. The molecule has 10 amide bonds. The number of likely N-dealkylation sites (N-methyl/N-ethyl adjacent to an activating group) is 4. The number of cyclic esters (lactones) is 2. The smallest absolute Gasteiger partial charge is 0.329 e. The third-order valence-electron chi connectivity index (χ3n) is 18.5. The van der Waals surface area contributed by atoms with E-state index in [1.165, 1.54) is 74.6 Å². The summed E-state index contributed by atoms with van der Waals surface area (Å²) in [5.41, 5.74) is 3.07. The fraction of sp³-hybridized carbons (Fsp3) is 0.631. The van der Waals surface area contributed by atoms with Crippen LogP contribution in [0.5, 0.6) is 5.75 Å². The number of nitrogens with zero attached hydrogens (tertiary/aromatic N) is 7. The van der Waals surface area contributed by atoms with Gasteiger partial charge in [-0.25, -0.2) is 14.6 Å². The molecule has 0 aromatic heterocycles. The van der Waals surface area contributed by atoms with Crippen LogP contribution in [-0.4, -0.2) is 240 Å². The first-order chi connectivity index (χ1) is 44.6. The fourth-order valence-electron chi connectivity index (χ4n) is 12.8. The fourth-order valence-corrected chi connectivity index (χ4v) is 12.8. The van der Waals surface area contributed by atoms with Crippen LogP contribution in [-0.2, 0) is 62.2 Å². The van der Waals surface area contributed by atoms with E-state index in [1.807, 2.05) is 0 Å². The van der Waals surface area contributed by atoms with Crippen LogP contribution >= 0.6 is 0 Å². The SMILES string of the molecule is Cc1c2oc3c(C)c(OCC4CO4)cc(C(=O)N[C@@H]4C(=O)N[C@H](C(C)C)C(=O)N5CCC[C@H]5C(=O)N(C)CC(=O)N(C)[C@@H](C(C)C)C(=O)O[C@@H]4C)c3nc-2c(C(=O)N[C@@H]2C(=O)N[C@H](C(C)C)C(=O)N3CCC[C@H]3C(=O)N(C)CC(=O)N(C)[C@@H](C(C)C)C(=O)O[C@@H]2C)c(N)c1=O. The van der Waals surface area contributed by atoms with Crippen LogP contribution in [0.2, 0.25) is 0 Å². The van der Waals surface area contributed by atoms with Crippen molar-refractivity contribution in [2.24, 2.45) is 23.7 Å². The number of rotatable bonds is 11. The number of aryl methyl sites for hydroxylation is 1. The Hall–Kier alpha value is -8.96. The number of fused-ring (bicyclic) bond motifs is 4. The Kier molecular flexibility index (Phi) is 21.9. The van der Waals surface area contributed by atoms with Crippen molar-refractivity contribution < 1.29 is 80.9 Å². The van der Waals surface area contributed by atoms with Gasteiger partial charge in [0.15, 0.2) is 11.3 Å². The van der Waals surface area contributed by atoms with E-state index in [4.69, 9.17) is 34.1 Å². The van der Waals surface area contributed by atoms with E-state index >= 15 is 14.4 Å². The standard InChI is InChI=1S/C65H90N12O18/c1-28(2)45-62(87)76-21-17-19-38(76)60(85)72(13)24-41(78)74(15)51(30(5)6)64(89)93-34(11)47(58(83)68-45)70-56(81)37-23-40(92-27-36-26-91-36)32(9)54-49(37)67-50-43(44(66)53(80)33(10)55(50)95-54)57(82)71-48-35(12)94-65(90)52(31(7)8)75(16)42(79)25-73(14)61(86)39-20-18-22-77(39)63(88)46(29(3)4)69-59(48)84/h23,28-31,34-36,38-39,45-48,51-52H,17-22,24-27,66H2,1-16H3,(H,68,83)(H,69,84)(H,70,81)(H,71,82)/t34-,35-,36?,38+,39+,45-,46-,47+,48+,51+,52+/m1/s1. The summed E-state index contributed by atoms with van der Waals surface area (Å²) in [6, 6.07) is -9.65. The molecule has 5 saturated heterocycles. The minimum absolute atomic E-state index is 0.00703. The normalized spacial score (nSPS) is 26.8. The summed E-state index contributed by atoms with van der Waals surface area (Å²) in [6.45, 7) is 18.6. The highest BCUT2D eigenvalue weighted by atomic mass is 16.6. The van der Waals surface area contributed by atoms with Crippen molar-refractivity contribution in [1.29, 1.82) is 0 Å². The van der Waals surface area contributed by atoms with Crippen LogP contribution in [0.25, 0.3) is 22.6 Å². The van der Waals surface area contributed by atoms with E-state index in [9.17, 15) is 47.9 Å². The zero-order valence-electron chi connectivity index (χ0n) is 56.9. The number of aromatic nitrogens is 1. The molecule has 6 heterocycles. The number of hydrogen-bond acceptors (Lipinski definition) is 20. The van der Waals surface area contributed by atoms with Gasteiger partial charge in [0.05, 0.1) is 36.5 Å². The summed E-state index contributed by atoms with van der Waals surface area (Å²) in [6.07, 6.45) is -2.09. The van der Waals surface area contributed by atoms with Crippen LogP contribution in [0, 0.1) is 37.5 Å². The van der Waals surface area contributed by atoms with Gasteiger partial charge < -0.3 is 79.8 Å². The van der Waals surface area contributed by atoms with Gasteiger partial charge in [0.25, 0.3) is 11.8 Å². The topological polar surface area (TPSA) is 382 Å². The molecule has 30 heteroatoms. The number of nitrogens with two attached hydrogens (primary N) is 1. The summed E-state index contributed by atoms with van der Waals surface area (Å²) >= 11 is 0. The maximum absolute atomic E-state index is 15.5. The Bertz CT molecular complexity index is 3600. The lowest BCUT2D eigenvalue weighted by Crippen LogP contribution is -2.61. The summed E-state index contributed by atoms with van der Waals surface area (Å²) in [4.78, 5) is 201. The van der Waals surface area contributed by atoms with Gasteiger partial charge in [0.2, 0.25) is 52.7 Å². The molecule has 6 aliphatic heterocycles. The van der Waals surface area contributed by atoms with Gasteiger partial charge in [-0.1, -0.05) is 55.4 Å². The van der Waals surface area contributed by atoms with Gasteiger partial charge in [-0.2, -0.15) is 0 Å². The number of hydrogen-bond donors (Lipinski definition) is 5. The number of nitrogens with one attached hydrogen (secondary N) is 4. The quantitative estimate of drug-likeness (QED) is 0.0755. The highest BCUT2D eigenvalue weighted by molar-refractivity contribution is 6.11. The minimum atomic E-state index is -1.91. The molecule has 6 N–H and O–H groups in total. The highest BCUT2D eigenvalue weighted by Crippen LogP contribution is 2.38. The number of esters is 2. The Labute approximate surface area is 550 Å². The molecule has 7 aliphatic rings. The van der Waals surface area contributed by atoms with Crippen LogP contribution < -0.4 is 37.2 Å². The number of benzene rings is 2. The second-order valence-electron chi connectivity index (χ2n) is 26.9. The second-order valence-corrected chi connectivity index (χ2v) is 26.9. The van der Waals surface area contributed by atoms with Crippen molar-refractivity contribution in [2.45, 2.75) is 175 Å². The number of nitrogen functional groups attached to an aromatic ring is 1. The zero-order valence-corrected chi connectivity index (χ0v) is 56.9. The molecule has 1 unspecified atom stereocenters. The minimum Gasteiger partial charge on any atom is -0.490 e. The van der Waals surface area contributed by atoms with Crippen molar-refractivity contribution in [3.05, 3.63) is 38.5 Å². The number of anilines is 1. The molecule has 30 nitrogen and oxygen atoms in total. The molecule has 5 fully saturated rings. The molecule has 0 spiro atoms. The van der Waals surface area contributed by atoms with Crippen LogP contribution in [0.4, 0.5) is 5.69 Å². The number of carbonyl (C=O) groups excluding carboxylic acids is 12. The molecular formula is C65H90N12O18. The van der Waals surface area contributed by atoms with Crippen LogP contribution in [0.3, 0.4) is 0 Å². The van der Waals surface area contributed by atoms with E-state index in [2.05, 4.69) is 21.3 Å². The molecule has 8 rings (SSSR count). The Morgan fingerprint density at radius 2 is 1.09 bits per heavy atom. The molecule has 1 aromatic carbocycles. The predicted molar refractivity (Wildman–Crippen MR) is 341 cm³/mol. The molecule has 95 heavy (non-hydrogen) atoms. The van der Waals surface area contributed by atoms with Crippen LogP contribution in [0.15, 0.2) is 15.3 Å². The maximum Gasteiger partial charge on any atom is 0.329 e. The van der Waals surface area contributed by atoms with E-state index in [0.29, 0.717) is 19.4 Å². The summed E-state index contributed by atoms with van der Waals surface area (Å²) in [5.74, 6) is -12.7. The first kappa shape index (κ1) is 71.9. The monoisotopic (exact) mass is 1330 g/mol. The van der Waals surface area contributed by atoms with Gasteiger partial charge in [-0.05, 0) is 83.1 Å².